The van der Waals surface area contributed by atoms with Gasteiger partial charge in [-0.1, -0.05) is 27.5 Å². The van der Waals surface area contributed by atoms with Crippen LogP contribution in [-0.4, -0.2) is 9.97 Å². The van der Waals surface area contributed by atoms with Crippen molar-refractivity contribution >= 4 is 27.5 Å². The SMILES string of the molecule is Cc1cc(Br)ccc1Oc1nc(C2CC2)nc(Cl)c1C. The van der Waals surface area contributed by atoms with Crippen molar-refractivity contribution in [2.24, 2.45) is 0 Å². The van der Waals surface area contributed by atoms with E-state index in [1.807, 2.05) is 32.0 Å². The summed E-state index contributed by atoms with van der Waals surface area (Å²) in [5.41, 5.74) is 1.82. The number of hydrogen-bond acceptors (Lipinski definition) is 3. The first kappa shape index (κ1) is 13.8. The zero-order valence-corrected chi connectivity index (χ0v) is 13.6. The third-order valence-electron chi connectivity index (χ3n) is 3.35. The third kappa shape index (κ3) is 2.81. The monoisotopic (exact) mass is 352 g/mol. The molecule has 0 bridgehead atoms. The predicted octanol–water partition coefficient (Wildman–Crippen LogP) is 5.18. The normalized spacial score (nSPS) is 14.4. The van der Waals surface area contributed by atoms with Crippen LogP contribution in [0.3, 0.4) is 0 Å². The van der Waals surface area contributed by atoms with Gasteiger partial charge >= 0.3 is 0 Å². The fourth-order valence-electron chi connectivity index (χ4n) is 1.94. The highest BCUT2D eigenvalue weighted by molar-refractivity contribution is 9.10. The highest BCUT2D eigenvalue weighted by Gasteiger charge is 2.28. The Labute approximate surface area is 131 Å². The number of rotatable bonds is 3. The van der Waals surface area contributed by atoms with Crippen LogP contribution < -0.4 is 4.74 Å². The van der Waals surface area contributed by atoms with Crippen molar-refractivity contribution in [1.82, 2.24) is 9.97 Å². The van der Waals surface area contributed by atoms with Crippen LogP contribution in [0.4, 0.5) is 0 Å². The van der Waals surface area contributed by atoms with E-state index < -0.39 is 0 Å². The first-order chi connectivity index (χ1) is 9.54. The van der Waals surface area contributed by atoms with Crippen molar-refractivity contribution in [3.8, 4) is 11.6 Å². The number of ether oxygens (including phenoxy) is 1. The van der Waals surface area contributed by atoms with Crippen molar-refractivity contribution in [2.75, 3.05) is 0 Å². The summed E-state index contributed by atoms with van der Waals surface area (Å²) in [6, 6.07) is 5.88. The van der Waals surface area contributed by atoms with Gasteiger partial charge in [-0.25, -0.2) is 4.98 Å². The van der Waals surface area contributed by atoms with Gasteiger partial charge in [0, 0.05) is 16.0 Å². The van der Waals surface area contributed by atoms with Gasteiger partial charge in [-0.15, -0.1) is 0 Å². The van der Waals surface area contributed by atoms with E-state index in [4.69, 9.17) is 16.3 Å². The van der Waals surface area contributed by atoms with Crippen molar-refractivity contribution in [1.29, 1.82) is 0 Å². The van der Waals surface area contributed by atoms with Crippen LogP contribution in [0, 0.1) is 13.8 Å². The summed E-state index contributed by atoms with van der Waals surface area (Å²) in [5, 5.41) is 0.478. The zero-order valence-electron chi connectivity index (χ0n) is 11.3. The molecule has 1 aliphatic carbocycles. The van der Waals surface area contributed by atoms with Crippen LogP contribution in [0.5, 0.6) is 11.6 Å². The van der Waals surface area contributed by atoms with Gasteiger partial charge in [0.25, 0.3) is 0 Å². The molecule has 2 aromatic rings. The number of halogens is 2. The molecule has 0 spiro atoms. The van der Waals surface area contributed by atoms with Crippen LogP contribution in [-0.2, 0) is 0 Å². The summed E-state index contributed by atoms with van der Waals surface area (Å²) >= 11 is 9.63. The van der Waals surface area contributed by atoms with Gasteiger partial charge in [0.1, 0.15) is 16.7 Å². The maximum Gasteiger partial charge on any atom is 0.227 e. The molecule has 0 radical (unpaired) electrons. The maximum absolute atomic E-state index is 6.18. The van der Waals surface area contributed by atoms with Gasteiger partial charge in [-0.05, 0) is 50.5 Å². The first-order valence-electron chi connectivity index (χ1n) is 6.52. The van der Waals surface area contributed by atoms with E-state index >= 15 is 0 Å². The van der Waals surface area contributed by atoms with E-state index in [2.05, 4.69) is 25.9 Å². The second-order valence-electron chi connectivity index (χ2n) is 5.09. The summed E-state index contributed by atoms with van der Waals surface area (Å²) in [5.74, 6) is 2.58. The fourth-order valence-corrected chi connectivity index (χ4v) is 2.58. The molecule has 0 atom stereocenters. The molecule has 3 rings (SSSR count). The van der Waals surface area contributed by atoms with Crippen molar-refractivity contribution in [3.63, 3.8) is 0 Å². The minimum absolute atomic E-state index is 0.446. The summed E-state index contributed by atoms with van der Waals surface area (Å²) in [6.07, 6.45) is 2.27. The molecule has 1 aromatic carbocycles. The van der Waals surface area contributed by atoms with Crippen LogP contribution >= 0.6 is 27.5 Å². The second-order valence-corrected chi connectivity index (χ2v) is 6.36. The predicted molar refractivity (Wildman–Crippen MR) is 82.7 cm³/mol. The largest absolute Gasteiger partial charge is 0.438 e. The van der Waals surface area contributed by atoms with Gasteiger partial charge in [-0.2, -0.15) is 4.98 Å². The molecule has 1 aromatic heterocycles. The van der Waals surface area contributed by atoms with Crippen molar-refractivity contribution in [3.05, 3.63) is 44.8 Å². The first-order valence-corrected chi connectivity index (χ1v) is 7.69. The molecule has 0 saturated heterocycles. The Morgan fingerprint density at radius 2 is 2.00 bits per heavy atom. The van der Waals surface area contributed by atoms with E-state index in [1.165, 1.54) is 0 Å². The van der Waals surface area contributed by atoms with E-state index in [0.717, 1.165) is 40.0 Å². The van der Waals surface area contributed by atoms with E-state index in [1.54, 1.807) is 0 Å². The molecule has 20 heavy (non-hydrogen) atoms. The van der Waals surface area contributed by atoms with Gasteiger partial charge in [-0.3, -0.25) is 0 Å². The molecular formula is C15H14BrClN2O. The highest BCUT2D eigenvalue weighted by atomic mass is 79.9. The third-order valence-corrected chi connectivity index (χ3v) is 4.21. The molecule has 104 valence electrons. The van der Waals surface area contributed by atoms with Crippen LogP contribution in [0.1, 0.15) is 35.7 Å². The summed E-state index contributed by atoms with van der Waals surface area (Å²) < 4.78 is 6.96. The topological polar surface area (TPSA) is 35.0 Å². The molecule has 1 fully saturated rings. The van der Waals surface area contributed by atoms with Gasteiger partial charge in [0.15, 0.2) is 0 Å². The number of aryl methyl sites for hydroxylation is 1. The smallest absolute Gasteiger partial charge is 0.227 e. The average Bonchev–Trinajstić information content (AvgIpc) is 3.22. The minimum Gasteiger partial charge on any atom is -0.438 e. The van der Waals surface area contributed by atoms with E-state index in [-0.39, 0.29) is 0 Å². The zero-order chi connectivity index (χ0) is 14.3. The van der Waals surface area contributed by atoms with Crippen molar-refractivity contribution in [2.45, 2.75) is 32.6 Å². The fraction of sp³-hybridized carbons (Fsp3) is 0.333. The quantitative estimate of drug-likeness (QED) is 0.713. The molecule has 1 saturated carbocycles. The Morgan fingerprint density at radius 3 is 2.65 bits per heavy atom. The number of aromatic nitrogens is 2. The van der Waals surface area contributed by atoms with Gasteiger partial charge in [0.05, 0.1) is 0 Å². The summed E-state index contributed by atoms with van der Waals surface area (Å²) in [7, 11) is 0. The van der Waals surface area contributed by atoms with E-state index in [9.17, 15) is 0 Å². The number of nitrogens with zero attached hydrogens (tertiary/aromatic N) is 2. The lowest BCUT2D eigenvalue weighted by Crippen LogP contribution is -2.00. The van der Waals surface area contributed by atoms with Crippen LogP contribution in [0.15, 0.2) is 22.7 Å². The molecule has 0 amide bonds. The lowest BCUT2D eigenvalue weighted by atomic mass is 10.2. The Balaban J connectivity index is 1.97. The maximum atomic E-state index is 6.18. The Hall–Kier alpha value is -1.13. The minimum atomic E-state index is 0.446. The molecule has 1 aliphatic rings. The number of benzene rings is 1. The highest BCUT2D eigenvalue weighted by Crippen LogP contribution is 2.40. The summed E-state index contributed by atoms with van der Waals surface area (Å²) in [4.78, 5) is 8.86. The molecule has 0 aliphatic heterocycles. The number of hydrogen-bond donors (Lipinski definition) is 0. The molecule has 0 N–H and O–H groups in total. The Morgan fingerprint density at radius 1 is 1.25 bits per heavy atom. The molecular weight excluding hydrogens is 340 g/mol. The van der Waals surface area contributed by atoms with E-state index in [0.29, 0.717) is 17.0 Å². The van der Waals surface area contributed by atoms with Crippen molar-refractivity contribution < 1.29 is 4.74 Å². The second kappa shape index (κ2) is 5.34. The average molecular weight is 354 g/mol. The molecule has 1 heterocycles. The molecule has 3 nitrogen and oxygen atoms in total. The standard InChI is InChI=1S/C15H14BrClN2O/c1-8-7-11(16)5-6-12(8)20-15-9(2)13(17)18-14(19-15)10-3-4-10/h5-7,10H,3-4H2,1-2H3. The van der Waals surface area contributed by atoms with Gasteiger partial charge in [0.2, 0.25) is 5.88 Å². The molecule has 5 heteroatoms. The van der Waals surface area contributed by atoms with Crippen LogP contribution in [0.2, 0.25) is 5.15 Å². The lowest BCUT2D eigenvalue weighted by molar-refractivity contribution is 0.451. The van der Waals surface area contributed by atoms with Crippen LogP contribution in [0.25, 0.3) is 0 Å². The Kier molecular flexibility index (Phi) is 3.69. The van der Waals surface area contributed by atoms with Gasteiger partial charge < -0.3 is 4.74 Å². The summed E-state index contributed by atoms with van der Waals surface area (Å²) in [6.45, 7) is 3.88. The Bertz CT molecular complexity index is 671. The molecule has 0 unspecified atom stereocenters. The lowest BCUT2D eigenvalue weighted by Gasteiger charge is -2.12.